The molecule has 0 fully saturated rings. The molecule has 0 saturated heterocycles. The van der Waals surface area contributed by atoms with Gasteiger partial charge in [-0.2, -0.15) is 0 Å². The number of hydrogen-bond acceptors (Lipinski definition) is 3. The molecule has 0 spiro atoms. The molecule has 0 aliphatic rings. The molecule has 0 aliphatic heterocycles. The molecule has 0 unspecified atom stereocenters. The fraction of sp³-hybridized carbons (Fsp3) is 0.625. The van der Waals surface area contributed by atoms with Crippen LogP contribution in [0.15, 0.2) is 12.2 Å². The topological polar surface area (TPSA) is 55.8 Å². The van der Waals surface area contributed by atoms with Gasteiger partial charge >= 0.3 is 6.16 Å². The van der Waals surface area contributed by atoms with Gasteiger partial charge in [0.05, 0.1) is 6.61 Å². The van der Waals surface area contributed by atoms with Crippen molar-refractivity contribution in [2.75, 3.05) is 6.61 Å². The van der Waals surface area contributed by atoms with Crippen molar-refractivity contribution in [2.24, 2.45) is 0 Å². The molecular weight excluding hydrogens is 160 g/mol. The van der Waals surface area contributed by atoms with E-state index in [9.17, 15) is 4.79 Å². The third-order valence-electron chi connectivity index (χ3n) is 0.999. The molecule has 0 heterocycles. The number of rotatable bonds is 4. The Morgan fingerprint density at radius 3 is 2.42 bits per heavy atom. The zero-order valence-corrected chi connectivity index (χ0v) is 7.59. The van der Waals surface area contributed by atoms with Gasteiger partial charge in [-0.3, -0.25) is 0 Å². The molecule has 0 aromatic rings. The van der Waals surface area contributed by atoms with E-state index in [2.05, 4.69) is 11.3 Å². The van der Waals surface area contributed by atoms with Crippen LogP contribution in [0.25, 0.3) is 0 Å². The first-order valence-corrected chi connectivity index (χ1v) is 3.54. The number of carboxylic acid groups (broad SMARTS) is 1. The van der Waals surface area contributed by atoms with Crippen LogP contribution in [-0.4, -0.2) is 23.7 Å². The van der Waals surface area contributed by atoms with Gasteiger partial charge in [-0.05, 0) is 6.92 Å². The van der Waals surface area contributed by atoms with Crippen molar-refractivity contribution >= 4 is 6.16 Å². The van der Waals surface area contributed by atoms with E-state index in [1.165, 1.54) is 13.8 Å². The van der Waals surface area contributed by atoms with Crippen molar-refractivity contribution < 1.29 is 19.4 Å². The highest BCUT2D eigenvalue weighted by Crippen LogP contribution is 2.12. The van der Waals surface area contributed by atoms with E-state index in [1.54, 1.807) is 6.92 Å². The van der Waals surface area contributed by atoms with Crippen molar-refractivity contribution in [1.82, 2.24) is 0 Å². The Bertz CT molecular complexity index is 183. The van der Waals surface area contributed by atoms with Gasteiger partial charge in [-0.15, -0.1) is 0 Å². The predicted molar refractivity (Wildman–Crippen MR) is 44.0 cm³/mol. The average Bonchev–Trinajstić information content (AvgIpc) is 1.81. The van der Waals surface area contributed by atoms with Gasteiger partial charge in [-0.25, -0.2) is 4.79 Å². The Hall–Kier alpha value is -1.03. The third kappa shape index (κ3) is 5.73. The minimum atomic E-state index is -1.35. The minimum Gasteiger partial charge on any atom is -0.450 e. The van der Waals surface area contributed by atoms with E-state index < -0.39 is 11.9 Å². The molecule has 70 valence electrons. The molecule has 0 aromatic heterocycles. The molecule has 0 saturated carbocycles. The Kier molecular flexibility index (Phi) is 3.76. The summed E-state index contributed by atoms with van der Waals surface area (Å²) in [5, 5.41) is 8.29. The third-order valence-corrected chi connectivity index (χ3v) is 0.999. The summed E-state index contributed by atoms with van der Waals surface area (Å²) in [6, 6.07) is 0. The highest BCUT2D eigenvalue weighted by molar-refractivity contribution is 5.57. The van der Waals surface area contributed by atoms with Crippen LogP contribution >= 0.6 is 0 Å². The number of hydrogen-bond donors (Lipinski definition) is 1. The molecular formula is C8H14O4. The summed E-state index contributed by atoms with van der Waals surface area (Å²) in [5.41, 5.74) is 0.817. The smallest absolute Gasteiger partial charge is 0.450 e. The van der Waals surface area contributed by atoms with Crippen molar-refractivity contribution in [3.8, 4) is 0 Å². The maximum absolute atomic E-state index is 10.1. The van der Waals surface area contributed by atoms with Crippen LogP contribution in [0.5, 0.6) is 0 Å². The molecule has 4 heteroatoms. The summed E-state index contributed by atoms with van der Waals surface area (Å²) < 4.78 is 9.54. The monoisotopic (exact) mass is 174 g/mol. The zero-order chi connectivity index (χ0) is 9.78. The quantitative estimate of drug-likeness (QED) is 0.402. The summed E-state index contributed by atoms with van der Waals surface area (Å²) in [5.74, 6) is -1.11. The lowest BCUT2D eigenvalue weighted by Crippen LogP contribution is -2.31. The van der Waals surface area contributed by atoms with Crippen molar-refractivity contribution in [1.29, 1.82) is 0 Å². The van der Waals surface area contributed by atoms with Gasteiger partial charge in [0.15, 0.2) is 0 Å². The van der Waals surface area contributed by atoms with Gasteiger partial charge in [0, 0.05) is 13.8 Å². The molecule has 0 amide bonds. The van der Waals surface area contributed by atoms with Gasteiger partial charge in [0.1, 0.15) is 0 Å². The Morgan fingerprint density at radius 1 is 1.58 bits per heavy atom. The van der Waals surface area contributed by atoms with Crippen molar-refractivity contribution in [3.05, 3.63) is 12.2 Å². The Labute approximate surface area is 71.8 Å². The fourth-order valence-corrected chi connectivity index (χ4v) is 0.537. The lowest BCUT2D eigenvalue weighted by atomic mass is 10.3. The lowest BCUT2D eigenvalue weighted by molar-refractivity contribution is -0.179. The van der Waals surface area contributed by atoms with Crippen LogP contribution in [0.3, 0.4) is 0 Å². The second-order valence-corrected chi connectivity index (χ2v) is 3.01. The largest absolute Gasteiger partial charge is 0.508 e. The molecule has 0 atom stereocenters. The standard InChI is InChI=1S/C8H14O4/c1-6(2)5-11-8(3,4)12-7(9)10/h1,5H2,2-4H3,(H,9,10). The van der Waals surface area contributed by atoms with Crippen molar-refractivity contribution in [3.63, 3.8) is 0 Å². The second kappa shape index (κ2) is 4.11. The van der Waals surface area contributed by atoms with E-state index >= 15 is 0 Å². The molecule has 12 heavy (non-hydrogen) atoms. The minimum absolute atomic E-state index is 0.292. The van der Waals surface area contributed by atoms with Crippen LogP contribution in [0, 0.1) is 0 Å². The summed E-state index contributed by atoms with van der Waals surface area (Å²) in [4.78, 5) is 10.1. The summed E-state index contributed by atoms with van der Waals surface area (Å²) >= 11 is 0. The van der Waals surface area contributed by atoms with E-state index in [0.717, 1.165) is 5.57 Å². The summed E-state index contributed by atoms with van der Waals surface area (Å²) in [6.07, 6.45) is -1.35. The van der Waals surface area contributed by atoms with Crippen LogP contribution < -0.4 is 0 Å². The molecule has 0 aliphatic carbocycles. The highest BCUT2D eigenvalue weighted by atomic mass is 16.8. The van der Waals surface area contributed by atoms with Gasteiger partial charge in [0.2, 0.25) is 5.79 Å². The second-order valence-electron chi connectivity index (χ2n) is 3.01. The average molecular weight is 174 g/mol. The highest BCUT2D eigenvalue weighted by Gasteiger charge is 2.22. The first-order chi connectivity index (χ1) is 5.33. The maximum Gasteiger partial charge on any atom is 0.508 e. The normalized spacial score (nSPS) is 10.9. The molecule has 0 bridgehead atoms. The molecule has 1 N–H and O–H groups in total. The first kappa shape index (κ1) is 11.0. The van der Waals surface area contributed by atoms with E-state index in [1.807, 2.05) is 0 Å². The first-order valence-electron chi connectivity index (χ1n) is 3.54. The van der Waals surface area contributed by atoms with Crippen LogP contribution in [0.4, 0.5) is 4.79 Å². The van der Waals surface area contributed by atoms with Gasteiger partial charge in [-0.1, -0.05) is 12.2 Å². The van der Waals surface area contributed by atoms with Crippen LogP contribution in [0.1, 0.15) is 20.8 Å². The van der Waals surface area contributed by atoms with Gasteiger partial charge < -0.3 is 14.6 Å². The van der Waals surface area contributed by atoms with E-state index in [0.29, 0.717) is 6.61 Å². The van der Waals surface area contributed by atoms with Crippen molar-refractivity contribution in [2.45, 2.75) is 26.6 Å². The summed E-state index contributed by atoms with van der Waals surface area (Å²) in [7, 11) is 0. The van der Waals surface area contributed by atoms with Crippen LogP contribution in [-0.2, 0) is 9.47 Å². The SMILES string of the molecule is C=C(C)COC(C)(C)OC(=O)O. The number of carbonyl (C=O) groups is 1. The molecule has 0 radical (unpaired) electrons. The predicted octanol–water partition coefficient (Wildman–Crippen LogP) is 2.01. The Morgan fingerprint density at radius 2 is 2.08 bits per heavy atom. The van der Waals surface area contributed by atoms with E-state index in [4.69, 9.17) is 9.84 Å². The Balaban J connectivity index is 3.86. The van der Waals surface area contributed by atoms with Crippen LogP contribution in [0.2, 0.25) is 0 Å². The molecule has 0 rings (SSSR count). The van der Waals surface area contributed by atoms with E-state index in [-0.39, 0.29) is 0 Å². The van der Waals surface area contributed by atoms with Gasteiger partial charge in [0.25, 0.3) is 0 Å². The number of ether oxygens (including phenoxy) is 2. The molecule has 0 aromatic carbocycles. The lowest BCUT2D eigenvalue weighted by Gasteiger charge is -2.23. The summed E-state index contributed by atoms with van der Waals surface area (Å²) in [6.45, 7) is 8.75. The molecule has 4 nitrogen and oxygen atoms in total. The maximum atomic E-state index is 10.1. The zero-order valence-electron chi connectivity index (χ0n) is 7.59. The fourth-order valence-electron chi connectivity index (χ4n) is 0.537.